The van der Waals surface area contributed by atoms with Gasteiger partial charge in [-0.05, 0) is 31.7 Å². The average Bonchev–Trinajstić information content (AvgIpc) is 2.45. The van der Waals surface area contributed by atoms with Gasteiger partial charge in [-0.2, -0.15) is 0 Å². The van der Waals surface area contributed by atoms with Crippen LogP contribution in [-0.2, 0) is 4.79 Å². The van der Waals surface area contributed by atoms with Crippen molar-refractivity contribution >= 4 is 18.0 Å². The zero-order chi connectivity index (χ0) is 15.4. The molecular weight excluding hydrogens is 270 g/mol. The van der Waals surface area contributed by atoms with Gasteiger partial charge < -0.3 is 14.9 Å². The van der Waals surface area contributed by atoms with Crippen LogP contribution in [0.25, 0.3) is 6.08 Å². The van der Waals surface area contributed by atoms with E-state index in [4.69, 9.17) is 5.11 Å². The first-order valence-electron chi connectivity index (χ1n) is 6.84. The van der Waals surface area contributed by atoms with Crippen LogP contribution in [0.1, 0.15) is 23.0 Å². The monoisotopic (exact) mass is 289 g/mol. The van der Waals surface area contributed by atoms with E-state index in [1.54, 1.807) is 12.1 Å². The maximum Gasteiger partial charge on any atom is 0.328 e. The molecule has 1 aliphatic rings. The van der Waals surface area contributed by atoms with Crippen LogP contribution in [0.4, 0.5) is 0 Å². The predicted octanol–water partition coefficient (Wildman–Crippen LogP) is 0.956. The lowest BCUT2D eigenvalue weighted by Gasteiger charge is -2.38. The van der Waals surface area contributed by atoms with Crippen LogP contribution in [0.5, 0.6) is 0 Å². The lowest BCUT2D eigenvalue weighted by Crippen LogP contribution is -2.52. The first kappa shape index (κ1) is 15.2. The Labute approximate surface area is 123 Å². The Balaban J connectivity index is 2.08. The van der Waals surface area contributed by atoms with E-state index in [2.05, 4.69) is 9.88 Å². The number of hydrogen-bond acceptors (Lipinski definition) is 4. The van der Waals surface area contributed by atoms with Crippen LogP contribution in [-0.4, -0.2) is 64.5 Å². The molecule has 0 aromatic carbocycles. The SMILES string of the molecule is CC1CN(C)CCN1C(=O)c1ccc(/C=C/C(=O)O)cn1. The van der Waals surface area contributed by atoms with Crippen molar-refractivity contribution in [3.8, 4) is 0 Å². The fraction of sp³-hybridized carbons (Fsp3) is 0.400. The predicted molar refractivity (Wildman–Crippen MR) is 78.9 cm³/mol. The molecule has 0 saturated carbocycles. The molecular formula is C15H19N3O3. The maximum atomic E-state index is 12.4. The molecule has 21 heavy (non-hydrogen) atoms. The molecule has 1 aromatic heterocycles. The lowest BCUT2D eigenvalue weighted by molar-refractivity contribution is -0.131. The summed E-state index contributed by atoms with van der Waals surface area (Å²) in [5.41, 5.74) is 1.04. The molecule has 1 aromatic rings. The van der Waals surface area contributed by atoms with Gasteiger partial charge in [0.25, 0.3) is 5.91 Å². The zero-order valence-electron chi connectivity index (χ0n) is 12.2. The van der Waals surface area contributed by atoms with Crippen molar-refractivity contribution < 1.29 is 14.7 Å². The lowest BCUT2D eigenvalue weighted by atomic mass is 10.1. The average molecular weight is 289 g/mol. The molecule has 1 saturated heterocycles. The first-order chi connectivity index (χ1) is 9.97. The molecule has 112 valence electrons. The Hall–Kier alpha value is -2.21. The molecule has 0 bridgehead atoms. The minimum Gasteiger partial charge on any atom is -0.478 e. The molecule has 2 rings (SSSR count). The number of piperazine rings is 1. The van der Waals surface area contributed by atoms with Gasteiger partial charge in [0.1, 0.15) is 5.69 Å². The first-order valence-corrected chi connectivity index (χ1v) is 6.84. The second-order valence-electron chi connectivity index (χ2n) is 5.26. The fourth-order valence-electron chi connectivity index (χ4n) is 2.39. The van der Waals surface area contributed by atoms with Crippen LogP contribution in [0.2, 0.25) is 0 Å². The number of aliphatic carboxylic acids is 1. The van der Waals surface area contributed by atoms with E-state index in [1.807, 2.05) is 18.9 Å². The van der Waals surface area contributed by atoms with E-state index in [9.17, 15) is 9.59 Å². The van der Waals surface area contributed by atoms with E-state index in [-0.39, 0.29) is 11.9 Å². The number of pyridine rings is 1. The van der Waals surface area contributed by atoms with Gasteiger partial charge in [0, 0.05) is 37.9 Å². The third kappa shape index (κ3) is 3.88. The van der Waals surface area contributed by atoms with Gasteiger partial charge in [-0.1, -0.05) is 6.07 Å². The second kappa shape index (κ2) is 6.49. The quantitative estimate of drug-likeness (QED) is 0.839. The Kier molecular flexibility index (Phi) is 4.70. The van der Waals surface area contributed by atoms with Crippen LogP contribution in [0.3, 0.4) is 0 Å². The molecule has 6 nitrogen and oxygen atoms in total. The molecule has 1 aliphatic heterocycles. The van der Waals surface area contributed by atoms with Crippen molar-refractivity contribution in [1.29, 1.82) is 0 Å². The van der Waals surface area contributed by atoms with Crippen molar-refractivity contribution in [2.24, 2.45) is 0 Å². The van der Waals surface area contributed by atoms with Crippen molar-refractivity contribution in [2.75, 3.05) is 26.7 Å². The number of amides is 1. The molecule has 1 atom stereocenters. The molecule has 1 unspecified atom stereocenters. The molecule has 6 heteroatoms. The third-order valence-electron chi connectivity index (χ3n) is 3.52. The van der Waals surface area contributed by atoms with Gasteiger partial charge in [-0.3, -0.25) is 9.78 Å². The summed E-state index contributed by atoms with van der Waals surface area (Å²) in [4.78, 5) is 31.0. The number of carbonyl (C=O) groups is 2. The summed E-state index contributed by atoms with van der Waals surface area (Å²) >= 11 is 0. The number of rotatable bonds is 3. The van der Waals surface area contributed by atoms with Gasteiger partial charge in [-0.15, -0.1) is 0 Å². The molecule has 1 N–H and O–H groups in total. The molecule has 0 aliphatic carbocycles. The highest BCUT2D eigenvalue weighted by atomic mass is 16.4. The molecule has 0 spiro atoms. The van der Waals surface area contributed by atoms with Crippen molar-refractivity contribution in [1.82, 2.24) is 14.8 Å². The molecule has 2 heterocycles. The van der Waals surface area contributed by atoms with E-state index in [1.165, 1.54) is 12.3 Å². The number of carbonyl (C=O) groups excluding carboxylic acids is 1. The van der Waals surface area contributed by atoms with Crippen molar-refractivity contribution in [3.05, 3.63) is 35.7 Å². The summed E-state index contributed by atoms with van der Waals surface area (Å²) in [6.07, 6.45) is 4.00. The standard InChI is InChI=1S/C15H19N3O3/c1-11-10-17(2)7-8-18(11)15(21)13-5-3-12(9-16-13)4-6-14(19)20/h3-6,9,11H,7-8,10H2,1-2H3,(H,19,20)/b6-4+. The highest BCUT2D eigenvalue weighted by Crippen LogP contribution is 2.12. The Morgan fingerprint density at radius 1 is 1.38 bits per heavy atom. The van der Waals surface area contributed by atoms with Crippen LogP contribution in [0.15, 0.2) is 24.4 Å². The Morgan fingerprint density at radius 3 is 2.71 bits per heavy atom. The molecule has 1 amide bonds. The van der Waals surface area contributed by atoms with Crippen LogP contribution < -0.4 is 0 Å². The summed E-state index contributed by atoms with van der Waals surface area (Å²) < 4.78 is 0. The zero-order valence-corrected chi connectivity index (χ0v) is 12.2. The van der Waals surface area contributed by atoms with Gasteiger partial charge in [0.15, 0.2) is 0 Å². The van der Waals surface area contributed by atoms with E-state index < -0.39 is 5.97 Å². The van der Waals surface area contributed by atoms with Crippen molar-refractivity contribution in [2.45, 2.75) is 13.0 Å². The molecule has 1 fully saturated rings. The van der Waals surface area contributed by atoms with Crippen molar-refractivity contribution in [3.63, 3.8) is 0 Å². The Bertz CT molecular complexity index is 554. The van der Waals surface area contributed by atoms with E-state index in [0.717, 1.165) is 19.2 Å². The van der Waals surface area contributed by atoms with Gasteiger partial charge in [0.05, 0.1) is 0 Å². The van der Waals surface area contributed by atoms with Gasteiger partial charge in [-0.25, -0.2) is 4.79 Å². The summed E-state index contributed by atoms with van der Waals surface area (Å²) in [7, 11) is 2.04. The number of carboxylic acid groups (broad SMARTS) is 1. The number of aromatic nitrogens is 1. The number of likely N-dealkylation sites (N-methyl/N-ethyl adjacent to an activating group) is 1. The normalized spacial score (nSPS) is 19.9. The van der Waals surface area contributed by atoms with Gasteiger partial charge >= 0.3 is 5.97 Å². The van der Waals surface area contributed by atoms with E-state index in [0.29, 0.717) is 17.8 Å². The third-order valence-corrected chi connectivity index (χ3v) is 3.52. The summed E-state index contributed by atoms with van der Waals surface area (Å²) in [5.74, 6) is -1.09. The second-order valence-corrected chi connectivity index (χ2v) is 5.26. The minimum absolute atomic E-state index is 0.0793. The fourth-order valence-corrected chi connectivity index (χ4v) is 2.39. The summed E-state index contributed by atoms with van der Waals surface area (Å²) in [5, 5.41) is 8.57. The number of hydrogen-bond donors (Lipinski definition) is 1. The van der Waals surface area contributed by atoms with Crippen LogP contribution >= 0.6 is 0 Å². The summed E-state index contributed by atoms with van der Waals surface area (Å²) in [6, 6.07) is 3.49. The maximum absolute atomic E-state index is 12.4. The Morgan fingerprint density at radius 2 is 2.14 bits per heavy atom. The number of nitrogens with zero attached hydrogens (tertiary/aromatic N) is 3. The largest absolute Gasteiger partial charge is 0.478 e. The van der Waals surface area contributed by atoms with E-state index >= 15 is 0 Å². The number of carboxylic acids is 1. The molecule has 0 radical (unpaired) electrons. The van der Waals surface area contributed by atoms with Gasteiger partial charge in [0.2, 0.25) is 0 Å². The smallest absolute Gasteiger partial charge is 0.328 e. The van der Waals surface area contributed by atoms with Crippen LogP contribution in [0, 0.1) is 0 Å². The highest BCUT2D eigenvalue weighted by molar-refractivity contribution is 5.93. The highest BCUT2D eigenvalue weighted by Gasteiger charge is 2.26. The topological polar surface area (TPSA) is 73.7 Å². The minimum atomic E-state index is -1.01. The summed E-state index contributed by atoms with van der Waals surface area (Å²) in [6.45, 7) is 4.43.